The maximum absolute atomic E-state index is 12.1. The minimum atomic E-state index is -0.104. The molecule has 1 saturated carbocycles. The van der Waals surface area contributed by atoms with Crippen molar-refractivity contribution in [3.8, 4) is 0 Å². The number of carbonyl (C=O) groups is 2. The third-order valence-corrected chi connectivity index (χ3v) is 4.00. The minimum absolute atomic E-state index is 0.0766. The highest BCUT2D eigenvalue weighted by atomic mass is 79.9. The summed E-state index contributed by atoms with van der Waals surface area (Å²) >= 11 is 3.28. The number of carbonyl (C=O) groups excluding carboxylic acids is 2. The maximum atomic E-state index is 12.1. The first-order valence-electron chi connectivity index (χ1n) is 5.68. The van der Waals surface area contributed by atoms with Gasteiger partial charge in [-0.25, -0.2) is 9.88 Å². The lowest BCUT2D eigenvalue weighted by Gasteiger charge is -2.14. The second-order valence-electron chi connectivity index (χ2n) is 4.49. The van der Waals surface area contributed by atoms with E-state index in [0.29, 0.717) is 5.82 Å². The van der Waals surface area contributed by atoms with Crippen molar-refractivity contribution in [2.45, 2.75) is 19.3 Å². The summed E-state index contributed by atoms with van der Waals surface area (Å²) in [6, 6.07) is 3.48. The van der Waals surface area contributed by atoms with Crippen molar-refractivity contribution in [3.05, 3.63) is 22.8 Å². The molecule has 5 heteroatoms. The second kappa shape index (κ2) is 3.91. The maximum Gasteiger partial charge on any atom is 0.238 e. The van der Waals surface area contributed by atoms with Gasteiger partial charge in [-0.2, -0.15) is 0 Å². The highest BCUT2D eigenvalue weighted by molar-refractivity contribution is 9.10. The molecule has 2 fully saturated rings. The van der Waals surface area contributed by atoms with Gasteiger partial charge in [-0.1, -0.05) is 6.42 Å². The molecule has 0 radical (unpaired) electrons. The van der Waals surface area contributed by atoms with Crippen LogP contribution in [0.1, 0.15) is 19.3 Å². The van der Waals surface area contributed by atoms with Gasteiger partial charge < -0.3 is 0 Å². The molecule has 1 aromatic heterocycles. The van der Waals surface area contributed by atoms with Crippen molar-refractivity contribution in [1.29, 1.82) is 0 Å². The van der Waals surface area contributed by atoms with Crippen molar-refractivity contribution in [3.63, 3.8) is 0 Å². The first-order valence-corrected chi connectivity index (χ1v) is 6.47. The summed E-state index contributed by atoms with van der Waals surface area (Å²) in [4.78, 5) is 29.6. The molecule has 0 N–H and O–H groups in total. The zero-order valence-electron chi connectivity index (χ0n) is 9.10. The van der Waals surface area contributed by atoms with Gasteiger partial charge in [-0.05, 0) is 40.9 Å². The van der Waals surface area contributed by atoms with Crippen LogP contribution >= 0.6 is 15.9 Å². The van der Waals surface area contributed by atoms with Gasteiger partial charge in [0.25, 0.3) is 0 Å². The second-order valence-corrected chi connectivity index (χ2v) is 5.41. The van der Waals surface area contributed by atoms with Crippen LogP contribution < -0.4 is 4.90 Å². The summed E-state index contributed by atoms with van der Waals surface area (Å²) in [5.74, 6) is 0.0816. The molecule has 2 atom stereocenters. The predicted molar refractivity (Wildman–Crippen MR) is 65.3 cm³/mol. The van der Waals surface area contributed by atoms with Gasteiger partial charge in [-0.15, -0.1) is 0 Å². The molecule has 3 rings (SSSR count). The van der Waals surface area contributed by atoms with E-state index in [1.807, 2.05) is 0 Å². The van der Waals surface area contributed by atoms with Gasteiger partial charge in [0.15, 0.2) is 0 Å². The first-order chi connectivity index (χ1) is 8.18. The van der Waals surface area contributed by atoms with Crippen LogP contribution in [0.25, 0.3) is 0 Å². The third-order valence-electron chi connectivity index (χ3n) is 3.53. The number of pyridine rings is 1. The highest BCUT2D eigenvalue weighted by Gasteiger charge is 2.50. The molecule has 17 heavy (non-hydrogen) atoms. The Balaban J connectivity index is 1.96. The van der Waals surface area contributed by atoms with E-state index < -0.39 is 0 Å². The molecule has 0 aromatic carbocycles. The number of imide groups is 1. The summed E-state index contributed by atoms with van der Waals surface area (Å²) in [6.45, 7) is 0. The van der Waals surface area contributed by atoms with Crippen LogP contribution in [0.4, 0.5) is 5.82 Å². The van der Waals surface area contributed by atoms with Crippen molar-refractivity contribution >= 4 is 33.6 Å². The van der Waals surface area contributed by atoms with Crippen molar-refractivity contribution < 1.29 is 9.59 Å². The van der Waals surface area contributed by atoms with Gasteiger partial charge in [0.05, 0.1) is 11.8 Å². The summed E-state index contributed by atoms with van der Waals surface area (Å²) in [5.41, 5.74) is 0. The van der Waals surface area contributed by atoms with Crippen LogP contribution in [-0.2, 0) is 9.59 Å². The van der Waals surface area contributed by atoms with Gasteiger partial charge in [0, 0.05) is 10.7 Å². The molecule has 2 heterocycles. The Morgan fingerprint density at radius 1 is 1.18 bits per heavy atom. The smallest absolute Gasteiger partial charge is 0.238 e. The number of anilines is 1. The average Bonchev–Trinajstić information content (AvgIpc) is 2.87. The highest BCUT2D eigenvalue weighted by Crippen LogP contribution is 2.41. The van der Waals surface area contributed by atoms with Gasteiger partial charge >= 0.3 is 0 Å². The largest absolute Gasteiger partial charge is 0.274 e. The average molecular weight is 295 g/mol. The molecular formula is C12H11BrN2O2. The fourth-order valence-corrected chi connectivity index (χ4v) is 2.95. The molecule has 0 spiro atoms. The molecule has 1 aromatic rings. The lowest BCUT2D eigenvalue weighted by molar-refractivity contribution is -0.122. The molecule has 4 nitrogen and oxygen atoms in total. The number of halogens is 1. The summed E-state index contributed by atoms with van der Waals surface area (Å²) < 4.78 is 0.834. The number of nitrogens with zero attached hydrogens (tertiary/aromatic N) is 2. The monoisotopic (exact) mass is 294 g/mol. The number of rotatable bonds is 1. The summed E-state index contributed by atoms with van der Waals surface area (Å²) in [5, 5.41) is 0. The van der Waals surface area contributed by atoms with Crippen molar-refractivity contribution in [2.24, 2.45) is 11.8 Å². The van der Waals surface area contributed by atoms with Crippen molar-refractivity contribution in [2.75, 3.05) is 4.90 Å². The Labute approximate surface area is 107 Å². The molecule has 2 aliphatic rings. The van der Waals surface area contributed by atoms with Crippen LogP contribution in [0.15, 0.2) is 22.8 Å². The van der Waals surface area contributed by atoms with E-state index in [-0.39, 0.29) is 23.7 Å². The Hall–Kier alpha value is -1.23. The number of hydrogen-bond acceptors (Lipinski definition) is 3. The zero-order valence-corrected chi connectivity index (χ0v) is 10.7. The molecule has 2 amide bonds. The number of amides is 2. The number of fused-ring (bicyclic) bond motifs is 1. The van der Waals surface area contributed by atoms with Crippen molar-refractivity contribution in [1.82, 2.24) is 4.98 Å². The molecule has 1 aliphatic heterocycles. The van der Waals surface area contributed by atoms with E-state index in [0.717, 1.165) is 23.7 Å². The minimum Gasteiger partial charge on any atom is -0.274 e. The predicted octanol–water partition coefficient (Wildman–Crippen LogP) is 2.13. The fourth-order valence-electron chi connectivity index (χ4n) is 2.72. The molecular weight excluding hydrogens is 284 g/mol. The normalized spacial score (nSPS) is 27.7. The van der Waals surface area contributed by atoms with E-state index in [1.54, 1.807) is 18.3 Å². The van der Waals surface area contributed by atoms with Gasteiger partial charge in [0.2, 0.25) is 11.8 Å². The van der Waals surface area contributed by atoms with E-state index in [1.165, 1.54) is 4.90 Å². The topological polar surface area (TPSA) is 50.3 Å². The lowest BCUT2D eigenvalue weighted by Crippen LogP contribution is -2.32. The van der Waals surface area contributed by atoms with E-state index in [4.69, 9.17) is 0 Å². The SMILES string of the molecule is O=C1C2CCCC2C(=O)N1c1ccc(Br)cn1. The van der Waals surface area contributed by atoms with Gasteiger partial charge in [0.1, 0.15) is 5.82 Å². The molecule has 1 saturated heterocycles. The van der Waals surface area contributed by atoms with Crippen LogP contribution in [0.2, 0.25) is 0 Å². The Kier molecular flexibility index (Phi) is 2.50. The Bertz CT molecular complexity index is 464. The molecule has 0 bridgehead atoms. The molecule has 88 valence electrons. The fraction of sp³-hybridized carbons (Fsp3) is 0.417. The number of hydrogen-bond donors (Lipinski definition) is 0. The van der Waals surface area contributed by atoms with Crippen LogP contribution in [0.5, 0.6) is 0 Å². The molecule has 2 unspecified atom stereocenters. The zero-order chi connectivity index (χ0) is 12.0. The first kappa shape index (κ1) is 10.9. The molecule has 1 aliphatic carbocycles. The van der Waals surface area contributed by atoms with E-state index in [2.05, 4.69) is 20.9 Å². The lowest BCUT2D eigenvalue weighted by atomic mass is 10.00. The number of aromatic nitrogens is 1. The summed E-state index contributed by atoms with van der Waals surface area (Å²) in [6.07, 6.45) is 4.25. The van der Waals surface area contributed by atoms with E-state index >= 15 is 0 Å². The van der Waals surface area contributed by atoms with Gasteiger partial charge in [-0.3, -0.25) is 9.59 Å². The van der Waals surface area contributed by atoms with Crippen LogP contribution in [-0.4, -0.2) is 16.8 Å². The standard InChI is InChI=1S/C12H11BrN2O2/c13-7-4-5-10(14-6-7)15-11(16)8-2-1-3-9(8)12(15)17/h4-6,8-9H,1-3H2. The van der Waals surface area contributed by atoms with Crippen LogP contribution in [0.3, 0.4) is 0 Å². The third kappa shape index (κ3) is 1.60. The Morgan fingerprint density at radius 2 is 1.82 bits per heavy atom. The Morgan fingerprint density at radius 3 is 2.35 bits per heavy atom. The summed E-state index contributed by atoms with van der Waals surface area (Å²) in [7, 11) is 0. The van der Waals surface area contributed by atoms with Crippen LogP contribution in [0, 0.1) is 11.8 Å². The van der Waals surface area contributed by atoms with E-state index in [9.17, 15) is 9.59 Å². The quantitative estimate of drug-likeness (QED) is 0.746.